The normalized spacial score (nSPS) is 10.4. The predicted molar refractivity (Wildman–Crippen MR) is 130 cm³/mol. The van der Waals surface area contributed by atoms with E-state index in [-0.39, 0.29) is 18.4 Å². The summed E-state index contributed by atoms with van der Waals surface area (Å²) in [6, 6.07) is 17.4. The molecule has 0 atom stereocenters. The molecule has 4 aromatic rings. The van der Waals surface area contributed by atoms with Crippen molar-refractivity contribution in [2.45, 2.75) is 6.54 Å². The maximum atomic E-state index is 12.5. The predicted octanol–water partition coefficient (Wildman–Crippen LogP) is 4.16. The number of aromatic nitrogens is 2. The third-order valence-corrected chi connectivity index (χ3v) is 5.62. The Hall–Kier alpha value is -4.24. The summed E-state index contributed by atoms with van der Waals surface area (Å²) in [6.45, 7) is 0.171. The first kappa shape index (κ1) is 22.9. The van der Waals surface area contributed by atoms with Gasteiger partial charge in [0.05, 0.1) is 19.3 Å². The molecule has 0 spiro atoms. The Balaban J connectivity index is 1.25. The molecular weight excluding hydrogens is 452 g/mol. The molecule has 8 nitrogen and oxygen atoms in total. The van der Waals surface area contributed by atoms with Crippen LogP contribution in [0.25, 0.3) is 11.3 Å². The van der Waals surface area contributed by atoms with E-state index in [1.54, 1.807) is 68.0 Å². The number of amides is 2. The molecule has 4 rings (SSSR count). The molecule has 0 aliphatic carbocycles. The number of pyridine rings is 1. The van der Waals surface area contributed by atoms with E-state index in [1.807, 2.05) is 17.5 Å². The Labute approximate surface area is 200 Å². The summed E-state index contributed by atoms with van der Waals surface area (Å²) in [6.07, 6.45) is 3.44. The van der Waals surface area contributed by atoms with Crippen molar-refractivity contribution in [3.05, 3.63) is 89.0 Å². The third-order valence-electron chi connectivity index (χ3n) is 4.77. The molecule has 2 N–H and O–H groups in total. The van der Waals surface area contributed by atoms with Crippen molar-refractivity contribution in [2.75, 3.05) is 19.0 Å². The van der Waals surface area contributed by atoms with Crippen LogP contribution in [0.2, 0.25) is 0 Å². The van der Waals surface area contributed by atoms with Gasteiger partial charge >= 0.3 is 0 Å². The number of rotatable bonds is 9. The molecule has 0 aliphatic rings. The van der Waals surface area contributed by atoms with Crippen molar-refractivity contribution in [3.63, 3.8) is 0 Å². The largest absolute Gasteiger partial charge is 0.497 e. The van der Waals surface area contributed by atoms with Crippen LogP contribution >= 0.6 is 11.3 Å². The fourth-order valence-electron chi connectivity index (χ4n) is 3.05. The zero-order chi connectivity index (χ0) is 23.8. The number of ether oxygens (including phenoxy) is 2. The molecule has 2 aromatic carbocycles. The molecular formula is C25H22N4O4S. The molecule has 0 bridgehead atoms. The maximum absolute atomic E-state index is 12.5. The van der Waals surface area contributed by atoms with Gasteiger partial charge in [-0.3, -0.25) is 14.6 Å². The van der Waals surface area contributed by atoms with Crippen LogP contribution in [0.15, 0.2) is 78.4 Å². The summed E-state index contributed by atoms with van der Waals surface area (Å²) >= 11 is 1.48. The van der Waals surface area contributed by atoms with Crippen LogP contribution in [-0.4, -0.2) is 35.5 Å². The lowest BCUT2D eigenvalue weighted by Crippen LogP contribution is -2.22. The standard InChI is InChI=1S/C25H22N4O4S/c1-32-21-4-2-3-19(13-21)28-23(30)15-33-20-7-5-18(6-8-20)25(31)27-14-24-29-22(16-34-24)17-9-11-26-12-10-17/h2-13,16H,14-15H2,1H3,(H,27,31)(H,28,30). The highest BCUT2D eigenvalue weighted by Gasteiger charge is 2.10. The van der Waals surface area contributed by atoms with Gasteiger partial charge in [-0.05, 0) is 48.5 Å². The van der Waals surface area contributed by atoms with Crippen molar-refractivity contribution < 1.29 is 19.1 Å². The van der Waals surface area contributed by atoms with Gasteiger partial charge in [-0.1, -0.05) is 6.07 Å². The second-order valence-electron chi connectivity index (χ2n) is 7.14. The number of nitrogens with one attached hydrogen (secondary N) is 2. The molecule has 34 heavy (non-hydrogen) atoms. The first-order valence-electron chi connectivity index (χ1n) is 10.4. The lowest BCUT2D eigenvalue weighted by atomic mass is 10.2. The lowest BCUT2D eigenvalue weighted by Gasteiger charge is -2.09. The average molecular weight is 475 g/mol. The van der Waals surface area contributed by atoms with E-state index >= 15 is 0 Å². The van der Waals surface area contributed by atoms with E-state index in [4.69, 9.17) is 9.47 Å². The Morgan fingerprint density at radius 1 is 1.00 bits per heavy atom. The Morgan fingerprint density at radius 3 is 2.56 bits per heavy atom. The van der Waals surface area contributed by atoms with Gasteiger partial charge in [-0.25, -0.2) is 4.98 Å². The quantitative estimate of drug-likeness (QED) is 0.378. The number of benzene rings is 2. The van der Waals surface area contributed by atoms with E-state index < -0.39 is 0 Å². The van der Waals surface area contributed by atoms with Gasteiger partial charge in [-0.15, -0.1) is 11.3 Å². The minimum Gasteiger partial charge on any atom is -0.497 e. The third kappa shape index (κ3) is 6.17. The first-order chi connectivity index (χ1) is 16.6. The summed E-state index contributed by atoms with van der Waals surface area (Å²) in [5, 5.41) is 8.37. The molecule has 0 unspecified atom stereocenters. The molecule has 172 valence electrons. The molecule has 0 fully saturated rings. The highest BCUT2D eigenvalue weighted by atomic mass is 32.1. The minimum absolute atomic E-state index is 0.160. The SMILES string of the molecule is COc1cccc(NC(=O)COc2ccc(C(=O)NCc3nc(-c4ccncc4)cs3)cc2)c1. The number of nitrogens with zero attached hydrogens (tertiary/aromatic N) is 2. The molecule has 0 aliphatic heterocycles. The summed E-state index contributed by atoms with van der Waals surface area (Å²) in [4.78, 5) is 33.2. The molecule has 2 heterocycles. The molecule has 2 aromatic heterocycles. The zero-order valence-electron chi connectivity index (χ0n) is 18.4. The van der Waals surface area contributed by atoms with Gasteiger partial charge in [0.2, 0.25) is 0 Å². The number of hydrogen-bond donors (Lipinski definition) is 2. The summed E-state index contributed by atoms with van der Waals surface area (Å²) < 4.78 is 10.7. The smallest absolute Gasteiger partial charge is 0.262 e. The molecule has 2 amide bonds. The zero-order valence-corrected chi connectivity index (χ0v) is 19.2. The number of hydrogen-bond acceptors (Lipinski definition) is 7. The monoisotopic (exact) mass is 474 g/mol. The second kappa shape index (κ2) is 11.1. The highest BCUT2D eigenvalue weighted by molar-refractivity contribution is 7.09. The van der Waals surface area contributed by atoms with Crippen LogP contribution in [0, 0.1) is 0 Å². The Kier molecular flexibility index (Phi) is 7.46. The van der Waals surface area contributed by atoms with Crippen molar-refractivity contribution in [1.29, 1.82) is 0 Å². The van der Waals surface area contributed by atoms with E-state index in [1.165, 1.54) is 11.3 Å². The van der Waals surface area contributed by atoms with E-state index in [0.29, 0.717) is 29.3 Å². The molecule has 0 saturated carbocycles. The van der Waals surface area contributed by atoms with Gasteiger partial charge < -0.3 is 20.1 Å². The first-order valence-corrected chi connectivity index (χ1v) is 11.3. The molecule has 0 radical (unpaired) electrons. The van der Waals surface area contributed by atoms with Crippen LogP contribution in [-0.2, 0) is 11.3 Å². The number of carbonyl (C=O) groups excluding carboxylic acids is 2. The summed E-state index contributed by atoms with van der Waals surface area (Å²) in [7, 11) is 1.56. The average Bonchev–Trinajstić information content (AvgIpc) is 3.36. The number of carbonyl (C=O) groups is 2. The second-order valence-corrected chi connectivity index (χ2v) is 8.08. The van der Waals surface area contributed by atoms with Crippen LogP contribution in [0.4, 0.5) is 5.69 Å². The summed E-state index contributed by atoms with van der Waals surface area (Å²) in [5.41, 5.74) is 2.94. The van der Waals surface area contributed by atoms with Crippen molar-refractivity contribution in [3.8, 4) is 22.8 Å². The summed E-state index contributed by atoms with van der Waals surface area (Å²) in [5.74, 6) is 0.614. The van der Waals surface area contributed by atoms with Crippen molar-refractivity contribution in [2.24, 2.45) is 0 Å². The number of thiazole rings is 1. The van der Waals surface area contributed by atoms with E-state index in [2.05, 4.69) is 20.6 Å². The van der Waals surface area contributed by atoms with Crippen molar-refractivity contribution in [1.82, 2.24) is 15.3 Å². The molecule has 0 saturated heterocycles. The van der Waals surface area contributed by atoms with Crippen molar-refractivity contribution >= 4 is 28.8 Å². The van der Waals surface area contributed by atoms with Gasteiger partial charge in [0.1, 0.15) is 16.5 Å². The number of methoxy groups -OCH3 is 1. The van der Waals surface area contributed by atoms with Gasteiger partial charge in [0.25, 0.3) is 11.8 Å². The van der Waals surface area contributed by atoms with E-state index in [0.717, 1.165) is 16.3 Å². The minimum atomic E-state index is -0.301. The fourth-order valence-corrected chi connectivity index (χ4v) is 3.80. The van der Waals surface area contributed by atoms with Crippen LogP contribution in [0.3, 0.4) is 0 Å². The van der Waals surface area contributed by atoms with Crippen LogP contribution in [0.5, 0.6) is 11.5 Å². The Morgan fingerprint density at radius 2 is 1.79 bits per heavy atom. The van der Waals surface area contributed by atoms with Crippen LogP contribution < -0.4 is 20.1 Å². The lowest BCUT2D eigenvalue weighted by molar-refractivity contribution is -0.118. The van der Waals surface area contributed by atoms with Gasteiger partial charge in [0.15, 0.2) is 6.61 Å². The Bertz CT molecular complexity index is 1260. The fraction of sp³-hybridized carbons (Fsp3) is 0.120. The number of anilines is 1. The molecule has 9 heteroatoms. The van der Waals surface area contributed by atoms with E-state index in [9.17, 15) is 9.59 Å². The highest BCUT2D eigenvalue weighted by Crippen LogP contribution is 2.21. The van der Waals surface area contributed by atoms with Crippen LogP contribution in [0.1, 0.15) is 15.4 Å². The van der Waals surface area contributed by atoms with Gasteiger partial charge in [-0.2, -0.15) is 0 Å². The topological polar surface area (TPSA) is 102 Å². The maximum Gasteiger partial charge on any atom is 0.262 e. The van der Waals surface area contributed by atoms with Gasteiger partial charge in [0, 0.05) is 40.7 Å².